The molecule has 0 radical (unpaired) electrons. The minimum Gasteiger partial charge on any atom is -0.488 e. The fourth-order valence-corrected chi connectivity index (χ4v) is 2.88. The molecule has 1 nitrogen and oxygen atoms in total. The van der Waals surface area contributed by atoms with Gasteiger partial charge in [0.25, 0.3) is 0 Å². The van der Waals surface area contributed by atoms with E-state index in [0.717, 1.165) is 33.0 Å². The predicted octanol–water partition coefficient (Wildman–Crippen LogP) is 5.77. The van der Waals surface area contributed by atoms with E-state index >= 15 is 0 Å². The third-order valence-electron chi connectivity index (χ3n) is 3.17. The summed E-state index contributed by atoms with van der Waals surface area (Å²) in [7, 11) is 0. The van der Waals surface area contributed by atoms with Gasteiger partial charge in [-0.15, -0.1) is 0 Å². The van der Waals surface area contributed by atoms with Gasteiger partial charge in [0, 0.05) is 15.9 Å². The zero-order chi connectivity index (χ0) is 14.5. The lowest BCUT2D eigenvalue weighted by Crippen LogP contribution is -2.00. The molecule has 20 heavy (non-hydrogen) atoms. The van der Waals surface area contributed by atoms with Gasteiger partial charge in [-0.1, -0.05) is 70.5 Å². The molecular formula is C17H16BrClO. The SMILES string of the molecule is C=Cc1c(OCc2ccccc2)cc(CBr)c(Cl)c1C. The molecule has 0 aliphatic carbocycles. The minimum atomic E-state index is 0.532. The van der Waals surface area contributed by atoms with E-state index in [1.165, 1.54) is 0 Å². The Balaban J connectivity index is 2.31. The summed E-state index contributed by atoms with van der Waals surface area (Å²) in [6.07, 6.45) is 1.79. The molecule has 0 aliphatic heterocycles. The monoisotopic (exact) mass is 350 g/mol. The molecular weight excluding hydrogens is 336 g/mol. The smallest absolute Gasteiger partial charge is 0.127 e. The van der Waals surface area contributed by atoms with Gasteiger partial charge in [0.2, 0.25) is 0 Å². The van der Waals surface area contributed by atoms with Gasteiger partial charge in [0.15, 0.2) is 0 Å². The van der Waals surface area contributed by atoms with Crippen LogP contribution >= 0.6 is 27.5 Å². The van der Waals surface area contributed by atoms with Gasteiger partial charge < -0.3 is 4.74 Å². The summed E-state index contributed by atoms with van der Waals surface area (Å²) in [5.41, 5.74) is 4.12. The van der Waals surface area contributed by atoms with E-state index < -0.39 is 0 Å². The zero-order valence-electron chi connectivity index (χ0n) is 11.3. The molecule has 2 aromatic carbocycles. The summed E-state index contributed by atoms with van der Waals surface area (Å²) in [4.78, 5) is 0. The van der Waals surface area contributed by atoms with Crippen molar-refractivity contribution in [3.8, 4) is 5.75 Å². The lowest BCUT2D eigenvalue weighted by Gasteiger charge is -2.15. The van der Waals surface area contributed by atoms with Crippen LogP contribution in [0.4, 0.5) is 0 Å². The van der Waals surface area contributed by atoms with Gasteiger partial charge in [0.1, 0.15) is 12.4 Å². The van der Waals surface area contributed by atoms with Crippen LogP contribution in [0, 0.1) is 6.92 Å². The van der Waals surface area contributed by atoms with E-state index in [1.54, 1.807) is 6.08 Å². The van der Waals surface area contributed by atoms with E-state index in [9.17, 15) is 0 Å². The highest BCUT2D eigenvalue weighted by molar-refractivity contribution is 9.08. The second kappa shape index (κ2) is 6.96. The Morgan fingerprint density at radius 3 is 2.60 bits per heavy atom. The molecule has 0 aliphatic rings. The Labute approximate surface area is 133 Å². The quantitative estimate of drug-likeness (QED) is 0.622. The van der Waals surface area contributed by atoms with Crippen molar-refractivity contribution in [3.63, 3.8) is 0 Å². The topological polar surface area (TPSA) is 9.23 Å². The first-order chi connectivity index (χ1) is 9.67. The molecule has 0 aromatic heterocycles. The predicted molar refractivity (Wildman–Crippen MR) is 89.7 cm³/mol. The molecule has 3 heteroatoms. The maximum atomic E-state index is 6.33. The summed E-state index contributed by atoms with van der Waals surface area (Å²) in [6, 6.07) is 12.1. The van der Waals surface area contributed by atoms with Crippen LogP contribution in [0.1, 0.15) is 22.3 Å². The normalized spacial score (nSPS) is 10.3. The maximum Gasteiger partial charge on any atom is 0.127 e. The first-order valence-electron chi connectivity index (χ1n) is 6.34. The van der Waals surface area contributed by atoms with Crippen LogP contribution < -0.4 is 4.74 Å². The molecule has 0 heterocycles. The van der Waals surface area contributed by atoms with E-state index in [-0.39, 0.29) is 0 Å². The van der Waals surface area contributed by atoms with Crippen molar-refractivity contribution in [3.05, 3.63) is 70.3 Å². The first kappa shape index (κ1) is 15.1. The largest absolute Gasteiger partial charge is 0.488 e. The van der Waals surface area contributed by atoms with Crippen molar-refractivity contribution in [2.45, 2.75) is 18.9 Å². The summed E-state index contributed by atoms with van der Waals surface area (Å²) in [5.74, 6) is 0.820. The first-order valence-corrected chi connectivity index (χ1v) is 7.84. The second-order valence-electron chi connectivity index (χ2n) is 4.50. The van der Waals surface area contributed by atoms with Crippen LogP contribution in [0.15, 0.2) is 43.0 Å². The van der Waals surface area contributed by atoms with Gasteiger partial charge in [-0.2, -0.15) is 0 Å². The van der Waals surface area contributed by atoms with Crippen molar-refractivity contribution in [1.82, 2.24) is 0 Å². The van der Waals surface area contributed by atoms with Crippen LogP contribution in [-0.4, -0.2) is 0 Å². The van der Waals surface area contributed by atoms with E-state index in [1.807, 2.05) is 43.3 Å². The Morgan fingerprint density at radius 2 is 2.00 bits per heavy atom. The molecule has 0 fully saturated rings. The highest BCUT2D eigenvalue weighted by atomic mass is 79.9. The molecule has 0 saturated carbocycles. The highest BCUT2D eigenvalue weighted by Crippen LogP contribution is 2.34. The van der Waals surface area contributed by atoms with Gasteiger partial charge in [-0.3, -0.25) is 0 Å². The van der Waals surface area contributed by atoms with Crippen LogP contribution in [0.3, 0.4) is 0 Å². The number of hydrogen-bond acceptors (Lipinski definition) is 1. The van der Waals surface area contributed by atoms with E-state index in [4.69, 9.17) is 16.3 Å². The molecule has 0 saturated heterocycles. The molecule has 0 unspecified atom stereocenters. The zero-order valence-corrected chi connectivity index (χ0v) is 13.7. The van der Waals surface area contributed by atoms with Crippen molar-refractivity contribution in [2.75, 3.05) is 0 Å². The number of rotatable bonds is 5. The maximum absolute atomic E-state index is 6.33. The Morgan fingerprint density at radius 1 is 1.30 bits per heavy atom. The summed E-state index contributed by atoms with van der Waals surface area (Å²) in [6.45, 7) is 6.37. The third-order valence-corrected chi connectivity index (χ3v) is 4.30. The van der Waals surface area contributed by atoms with E-state index in [0.29, 0.717) is 11.9 Å². The number of halogens is 2. The average molecular weight is 352 g/mol. The molecule has 0 spiro atoms. The lowest BCUT2D eigenvalue weighted by atomic mass is 10.0. The summed E-state index contributed by atoms with van der Waals surface area (Å²) < 4.78 is 5.94. The molecule has 0 atom stereocenters. The third kappa shape index (κ3) is 3.25. The van der Waals surface area contributed by atoms with Gasteiger partial charge in [-0.05, 0) is 29.7 Å². The van der Waals surface area contributed by atoms with Crippen LogP contribution in [0.25, 0.3) is 6.08 Å². The fraction of sp³-hybridized carbons (Fsp3) is 0.176. The van der Waals surface area contributed by atoms with Crippen molar-refractivity contribution in [2.24, 2.45) is 0 Å². The molecule has 0 amide bonds. The summed E-state index contributed by atoms with van der Waals surface area (Å²) in [5, 5.41) is 1.47. The number of benzene rings is 2. The molecule has 0 bridgehead atoms. The average Bonchev–Trinajstić information content (AvgIpc) is 2.49. The van der Waals surface area contributed by atoms with Crippen LogP contribution in [-0.2, 0) is 11.9 Å². The molecule has 2 rings (SSSR count). The van der Waals surface area contributed by atoms with Crippen LogP contribution in [0.5, 0.6) is 5.75 Å². The Kier molecular flexibility index (Phi) is 5.27. The number of hydrogen-bond donors (Lipinski definition) is 0. The van der Waals surface area contributed by atoms with E-state index in [2.05, 4.69) is 22.5 Å². The van der Waals surface area contributed by atoms with Gasteiger partial charge >= 0.3 is 0 Å². The Bertz CT molecular complexity index is 608. The molecule has 0 N–H and O–H groups in total. The second-order valence-corrected chi connectivity index (χ2v) is 5.44. The molecule has 2 aromatic rings. The molecule has 104 valence electrons. The highest BCUT2D eigenvalue weighted by Gasteiger charge is 2.12. The fourth-order valence-electron chi connectivity index (χ4n) is 2.05. The van der Waals surface area contributed by atoms with Crippen molar-refractivity contribution < 1.29 is 4.74 Å². The van der Waals surface area contributed by atoms with Gasteiger partial charge in [-0.25, -0.2) is 0 Å². The Hall–Kier alpha value is -1.25. The van der Waals surface area contributed by atoms with Crippen LogP contribution in [0.2, 0.25) is 5.02 Å². The standard InChI is InChI=1S/C17H16BrClO/c1-3-15-12(2)17(19)14(10-18)9-16(15)20-11-13-7-5-4-6-8-13/h3-9H,1,10-11H2,2H3. The lowest BCUT2D eigenvalue weighted by molar-refractivity contribution is 0.305. The van der Waals surface area contributed by atoms with Crippen molar-refractivity contribution in [1.29, 1.82) is 0 Å². The number of ether oxygens (including phenoxy) is 1. The van der Waals surface area contributed by atoms with Gasteiger partial charge in [0.05, 0.1) is 0 Å². The summed E-state index contributed by atoms with van der Waals surface area (Å²) >= 11 is 9.79. The number of alkyl halides is 1. The minimum absolute atomic E-state index is 0.532. The van der Waals surface area contributed by atoms with Crippen molar-refractivity contribution >= 4 is 33.6 Å².